The van der Waals surface area contributed by atoms with E-state index in [2.05, 4.69) is 28.0 Å². The Bertz CT molecular complexity index is 507. The molecule has 2 heterocycles. The fraction of sp³-hybridized carbons (Fsp3) is 0.778. The Labute approximate surface area is 139 Å². The number of piperidine rings is 1. The van der Waals surface area contributed by atoms with Crippen molar-refractivity contribution in [3.05, 3.63) is 18.2 Å². The first-order valence-electron chi connectivity index (χ1n) is 9.34. The van der Waals surface area contributed by atoms with Crippen LogP contribution < -0.4 is 5.32 Å². The quantitative estimate of drug-likeness (QED) is 0.903. The number of hydrogen-bond donors (Lipinski definition) is 1. The number of carbonyl (C=O) groups excluding carboxylic acids is 1. The summed E-state index contributed by atoms with van der Waals surface area (Å²) in [4.78, 5) is 19.1. The van der Waals surface area contributed by atoms with Gasteiger partial charge in [-0.1, -0.05) is 26.2 Å². The van der Waals surface area contributed by atoms with E-state index in [9.17, 15) is 4.79 Å². The maximum Gasteiger partial charge on any atom is 0.317 e. The van der Waals surface area contributed by atoms with Crippen LogP contribution in [0.25, 0.3) is 0 Å². The highest BCUT2D eigenvalue weighted by Crippen LogP contribution is 2.26. The first kappa shape index (κ1) is 16.3. The minimum absolute atomic E-state index is 0.133. The van der Waals surface area contributed by atoms with Gasteiger partial charge in [0.25, 0.3) is 0 Å². The highest BCUT2D eigenvalue weighted by atomic mass is 16.2. The summed E-state index contributed by atoms with van der Waals surface area (Å²) in [5.41, 5.74) is 0. The summed E-state index contributed by atoms with van der Waals surface area (Å²) in [6.45, 7) is 4.94. The highest BCUT2D eigenvalue weighted by Gasteiger charge is 2.28. The number of carbonyl (C=O) groups is 1. The summed E-state index contributed by atoms with van der Waals surface area (Å²) in [6.07, 6.45) is 13.4. The molecular formula is C18H30N4O. The number of nitrogens with zero attached hydrogens (tertiary/aromatic N) is 3. The molecule has 3 rings (SSSR count). The van der Waals surface area contributed by atoms with Gasteiger partial charge in [-0.2, -0.15) is 0 Å². The van der Waals surface area contributed by atoms with E-state index >= 15 is 0 Å². The molecule has 5 heteroatoms. The molecule has 0 aromatic carbocycles. The van der Waals surface area contributed by atoms with Crippen LogP contribution >= 0.6 is 0 Å². The minimum Gasteiger partial charge on any atom is -0.335 e. The molecule has 0 unspecified atom stereocenters. The third-order valence-corrected chi connectivity index (χ3v) is 5.26. The first-order valence-corrected chi connectivity index (χ1v) is 9.34. The van der Waals surface area contributed by atoms with Crippen molar-refractivity contribution in [3.8, 4) is 0 Å². The Morgan fingerprint density at radius 1 is 1.30 bits per heavy atom. The van der Waals surface area contributed by atoms with Crippen LogP contribution in [-0.4, -0.2) is 39.6 Å². The zero-order valence-corrected chi connectivity index (χ0v) is 14.3. The third kappa shape index (κ3) is 4.06. The molecule has 1 aromatic heterocycles. The van der Waals surface area contributed by atoms with Crippen molar-refractivity contribution in [2.75, 3.05) is 13.1 Å². The molecule has 1 aliphatic heterocycles. The Kier molecular flexibility index (Phi) is 5.57. The zero-order chi connectivity index (χ0) is 16.1. The second kappa shape index (κ2) is 7.84. The zero-order valence-electron chi connectivity index (χ0n) is 14.3. The van der Waals surface area contributed by atoms with Crippen LogP contribution in [-0.2, 0) is 6.54 Å². The molecule has 2 fully saturated rings. The lowest BCUT2D eigenvalue weighted by Crippen LogP contribution is -2.47. The van der Waals surface area contributed by atoms with E-state index in [1.165, 1.54) is 25.7 Å². The Hall–Kier alpha value is -1.52. The van der Waals surface area contributed by atoms with Gasteiger partial charge in [-0.25, -0.2) is 9.78 Å². The number of unbranched alkanes of at least 4 members (excludes halogenated alkanes) is 1. The van der Waals surface area contributed by atoms with Gasteiger partial charge in [0.1, 0.15) is 5.82 Å². The van der Waals surface area contributed by atoms with Crippen molar-refractivity contribution in [1.82, 2.24) is 19.8 Å². The molecule has 1 saturated carbocycles. The molecule has 1 N–H and O–H groups in total. The van der Waals surface area contributed by atoms with Crippen LogP contribution in [0.4, 0.5) is 4.79 Å². The largest absolute Gasteiger partial charge is 0.335 e. The number of amides is 2. The maximum absolute atomic E-state index is 12.5. The topological polar surface area (TPSA) is 50.2 Å². The van der Waals surface area contributed by atoms with Gasteiger partial charge in [0, 0.05) is 44.0 Å². The third-order valence-electron chi connectivity index (χ3n) is 5.26. The molecular weight excluding hydrogens is 288 g/mol. The number of aromatic nitrogens is 2. The van der Waals surface area contributed by atoms with E-state index in [0.717, 1.165) is 51.1 Å². The van der Waals surface area contributed by atoms with E-state index in [0.29, 0.717) is 12.0 Å². The number of urea groups is 1. The molecule has 1 aliphatic carbocycles. The summed E-state index contributed by atoms with van der Waals surface area (Å²) in [7, 11) is 0. The fourth-order valence-corrected chi connectivity index (χ4v) is 3.91. The highest BCUT2D eigenvalue weighted by molar-refractivity contribution is 5.74. The SMILES string of the molecule is CCCCn1ccnc1[C@H]1CCCN(C(=O)NC2CCCC2)C1. The molecule has 128 valence electrons. The van der Waals surface area contributed by atoms with Gasteiger partial charge in [0.15, 0.2) is 0 Å². The predicted molar refractivity (Wildman–Crippen MR) is 91.5 cm³/mol. The lowest BCUT2D eigenvalue weighted by molar-refractivity contribution is 0.174. The molecule has 1 saturated heterocycles. The van der Waals surface area contributed by atoms with E-state index in [-0.39, 0.29) is 6.03 Å². The number of rotatable bonds is 5. The predicted octanol–water partition coefficient (Wildman–Crippen LogP) is 3.51. The van der Waals surface area contributed by atoms with Crippen molar-refractivity contribution in [1.29, 1.82) is 0 Å². The van der Waals surface area contributed by atoms with Gasteiger partial charge in [0.05, 0.1) is 0 Å². The summed E-state index contributed by atoms with van der Waals surface area (Å²) in [5.74, 6) is 1.54. The number of aryl methyl sites for hydroxylation is 1. The molecule has 0 spiro atoms. The maximum atomic E-state index is 12.5. The lowest BCUT2D eigenvalue weighted by atomic mass is 9.97. The minimum atomic E-state index is 0.133. The molecule has 1 aromatic rings. The number of hydrogen-bond acceptors (Lipinski definition) is 2. The van der Waals surface area contributed by atoms with Gasteiger partial charge in [0.2, 0.25) is 0 Å². The van der Waals surface area contributed by atoms with Crippen LogP contribution in [0, 0.1) is 0 Å². The van der Waals surface area contributed by atoms with Gasteiger partial charge >= 0.3 is 6.03 Å². The Morgan fingerprint density at radius 2 is 2.13 bits per heavy atom. The van der Waals surface area contributed by atoms with Gasteiger partial charge in [-0.05, 0) is 32.1 Å². The Balaban J connectivity index is 1.59. The molecule has 23 heavy (non-hydrogen) atoms. The summed E-state index contributed by atoms with van der Waals surface area (Å²) >= 11 is 0. The summed E-state index contributed by atoms with van der Waals surface area (Å²) in [6, 6.07) is 0.530. The number of nitrogens with one attached hydrogen (secondary N) is 1. The second-order valence-corrected chi connectivity index (χ2v) is 7.05. The van der Waals surface area contributed by atoms with E-state index in [1.54, 1.807) is 0 Å². The van der Waals surface area contributed by atoms with Crippen molar-refractivity contribution >= 4 is 6.03 Å². The van der Waals surface area contributed by atoms with Gasteiger partial charge in [-0.15, -0.1) is 0 Å². The summed E-state index contributed by atoms with van der Waals surface area (Å²) in [5, 5.41) is 3.22. The average molecular weight is 318 g/mol. The molecule has 0 radical (unpaired) electrons. The van der Waals surface area contributed by atoms with Gasteiger partial charge < -0.3 is 14.8 Å². The van der Waals surface area contributed by atoms with E-state index in [4.69, 9.17) is 0 Å². The first-order chi connectivity index (χ1) is 11.3. The average Bonchev–Trinajstić information content (AvgIpc) is 3.24. The summed E-state index contributed by atoms with van der Waals surface area (Å²) < 4.78 is 2.28. The van der Waals surface area contributed by atoms with Crippen molar-refractivity contribution in [3.63, 3.8) is 0 Å². The second-order valence-electron chi connectivity index (χ2n) is 7.05. The van der Waals surface area contributed by atoms with Crippen LogP contribution in [0.5, 0.6) is 0 Å². The van der Waals surface area contributed by atoms with E-state index < -0.39 is 0 Å². The Morgan fingerprint density at radius 3 is 2.91 bits per heavy atom. The van der Waals surface area contributed by atoms with Gasteiger partial charge in [-0.3, -0.25) is 0 Å². The normalized spacial score (nSPS) is 22.5. The smallest absolute Gasteiger partial charge is 0.317 e. The van der Waals surface area contributed by atoms with Crippen LogP contribution in [0.1, 0.15) is 70.0 Å². The van der Waals surface area contributed by atoms with Crippen molar-refractivity contribution < 1.29 is 4.79 Å². The lowest BCUT2D eigenvalue weighted by Gasteiger charge is -2.33. The monoisotopic (exact) mass is 318 g/mol. The molecule has 1 atom stereocenters. The van der Waals surface area contributed by atoms with Crippen LogP contribution in [0.2, 0.25) is 0 Å². The van der Waals surface area contributed by atoms with E-state index in [1.807, 2.05) is 11.1 Å². The number of imidazole rings is 1. The molecule has 0 bridgehead atoms. The van der Waals surface area contributed by atoms with Crippen molar-refractivity contribution in [2.45, 2.75) is 76.8 Å². The molecule has 5 nitrogen and oxygen atoms in total. The standard InChI is InChI=1S/C18H30N4O/c1-2-3-11-21-13-10-19-17(21)15-7-6-12-22(14-15)18(23)20-16-8-4-5-9-16/h10,13,15-16H,2-9,11-12,14H2,1H3,(H,20,23)/t15-/m0/s1. The molecule has 2 amide bonds. The fourth-order valence-electron chi connectivity index (χ4n) is 3.91. The number of likely N-dealkylation sites (tertiary alicyclic amines) is 1. The molecule has 2 aliphatic rings. The van der Waals surface area contributed by atoms with Crippen molar-refractivity contribution in [2.24, 2.45) is 0 Å². The van der Waals surface area contributed by atoms with Crippen LogP contribution in [0.15, 0.2) is 12.4 Å². The van der Waals surface area contributed by atoms with Crippen LogP contribution in [0.3, 0.4) is 0 Å².